The second-order valence-electron chi connectivity index (χ2n) is 2.25. The summed E-state index contributed by atoms with van der Waals surface area (Å²) in [6.07, 6.45) is 0. The maximum absolute atomic E-state index is 10.4. The van der Waals surface area contributed by atoms with Gasteiger partial charge in [0.25, 0.3) is 5.69 Å². The van der Waals surface area contributed by atoms with Crippen molar-refractivity contribution in [3.05, 3.63) is 33.9 Å². The topological polar surface area (TPSA) is 83.3 Å². The molecule has 7 heteroatoms. The van der Waals surface area contributed by atoms with Crippen LogP contribution in [-0.2, 0) is 0 Å². The van der Waals surface area contributed by atoms with Gasteiger partial charge >= 0.3 is 29.6 Å². The van der Waals surface area contributed by atoms with Gasteiger partial charge in [-0.15, -0.1) is 12.6 Å². The van der Waals surface area contributed by atoms with Crippen LogP contribution in [0.2, 0.25) is 0 Å². The van der Waals surface area contributed by atoms with Gasteiger partial charge in [0.15, 0.2) is 0 Å². The van der Waals surface area contributed by atoms with Crippen LogP contribution in [-0.4, -0.2) is 10.9 Å². The van der Waals surface area contributed by atoms with Gasteiger partial charge in [-0.3, -0.25) is 10.1 Å². The fourth-order valence-corrected chi connectivity index (χ4v) is 1.05. The van der Waals surface area contributed by atoms with E-state index >= 15 is 0 Å². The number of rotatable bonds is 2. The van der Waals surface area contributed by atoms with Gasteiger partial charge in [0.2, 0.25) is 0 Å². The molecular formula is C7H4NNaO4S. The number of nitrogens with zero attached hydrogens (tertiary/aromatic N) is 1. The van der Waals surface area contributed by atoms with Crippen molar-refractivity contribution >= 4 is 24.3 Å². The third-order valence-electron chi connectivity index (χ3n) is 1.40. The van der Waals surface area contributed by atoms with Crippen molar-refractivity contribution in [1.29, 1.82) is 0 Å². The van der Waals surface area contributed by atoms with Crippen LogP contribution in [0, 0.1) is 10.1 Å². The molecule has 5 nitrogen and oxygen atoms in total. The van der Waals surface area contributed by atoms with Crippen molar-refractivity contribution in [2.24, 2.45) is 0 Å². The summed E-state index contributed by atoms with van der Waals surface area (Å²) in [7, 11) is 0. The van der Waals surface area contributed by atoms with E-state index in [9.17, 15) is 20.0 Å². The van der Waals surface area contributed by atoms with Crippen molar-refractivity contribution in [2.75, 3.05) is 0 Å². The quantitative estimate of drug-likeness (QED) is 0.254. The first-order valence-electron chi connectivity index (χ1n) is 3.21. The Morgan fingerprint density at radius 2 is 2.00 bits per heavy atom. The normalized spacial score (nSPS) is 8.93. The van der Waals surface area contributed by atoms with Crippen molar-refractivity contribution in [2.45, 2.75) is 4.90 Å². The Bertz CT molecular complexity index is 382. The number of carbonyl (C=O) groups excluding carboxylic acids is 1. The minimum absolute atomic E-state index is 0. The molecule has 0 aliphatic carbocycles. The van der Waals surface area contributed by atoms with Crippen LogP contribution in [0.3, 0.4) is 0 Å². The van der Waals surface area contributed by atoms with Crippen LogP contribution < -0.4 is 34.7 Å². The van der Waals surface area contributed by atoms with Crippen LogP contribution in [0.4, 0.5) is 5.69 Å². The van der Waals surface area contributed by atoms with Crippen LogP contribution in [0.1, 0.15) is 10.4 Å². The first-order chi connectivity index (χ1) is 6.02. The molecular weight excluding hydrogens is 217 g/mol. The largest absolute Gasteiger partial charge is 1.00 e. The summed E-state index contributed by atoms with van der Waals surface area (Å²) in [5.74, 6) is -1.58. The van der Waals surface area contributed by atoms with E-state index in [4.69, 9.17) is 0 Å². The van der Waals surface area contributed by atoms with E-state index < -0.39 is 22.1 Å². The molecule has 0 heterocycles. The van der Waals surface area contributed by atoms with Gasteiger partial charge in [-0.2, -0.15) is 0 Å². The number of benzene rings is 1. The number of nitro benzene ring substituents is 1. The molecule has 0 saturated carbocycles. The van der Waals surface area contributed by atoms with E-state index in [0.717, 1.165) is 12.1 Å². The number of hydrogen-bond acceptors (Lipinski definition) is 5. The van der Waals surface area contributed by atoms with E-state index in [1.165, 1.54) is 6.07 Å². The molecule has 0 atom stereocenters. The minimum Gasteiger partial charge on any atom is -0.545 e. The zero-order valence-corrected chi connectivity index (χ0v) is 10.2. The van der Waals surface area contributed by atoms with Crippen molar-refractivity contribution in [1.82, 2.24) is 0 Å². The van der Waals surface area contributed by atoms with Crippen LogP contribution in [0.5, 0.6) is 0 Å². The zero-order valence-electron chi connectivity index (χ0n) is 7.26. The Labute approximate surface area is 107 Å². The standard InChI is InChI=1S/C7H5NO4S.Na/c9-7(10)5-3-4(13)1-2-6(5)8(11)12;/h1-3,13H,(H,9,10);/q;+1/p-1. The summed E-state index contributed by atoms with van der Waals surface area (Å²) in [4.78, 5) is 20.3. The molecule has 0 N–H and O–H groups in total. The smallest absolute Gasteiger partial charge is 0.545 e. The Morgan fingerprint density at radius 3 is 2.43 bits per heavy atom. The fourth-order valence-electron chi connectivity index (χ4n) is 0.847. The molecule has 0 aromatic heterocycles. The molecule has 1 aromatic rings. The van der Waals surface area contributed by atoms with E-state index in [0.29, 0.717) is 4.90 Å². The third kappa shape index (κ3) is 2.98. The van der Waals surface area contributed by atoms with Gasteiger partial charge in [-0.25, -0.2) is 0 Å². The van der Waals surface area contributed by atoms with Crippen LogP contribution in [0.15, 0.2) is 23.1 Å². The van der Waals surface area contributed by atoms with E-state index in [1.807, 2.05) is 0 Å². The molecule has 0 aliphatic rings. The van der Waals surface area contributed by atoms with Gasteiger partial charge in [-0.05, 0) is 12.1 Å². The number of carbonyl (C=O) groups is 1. The molecule has 1 rings (SSSR count). The first kappa shape index (κ1) is 13.4. The van der Waals surface area contributed by atoms with Crippen molar-refractivity contribution in [3.8, 4) is 0 Å². The molecule has 68 valence electrons. The summed E-state index contributed by atoms with van der Waals surface area (Å²) in [6, 6.07) is 3.50. The number of nitro groups is 1. The van der Waals surface area contributed by atoms with Gasteiger partial charge in [0.05, 0.1) is 16.5 Å². The average molecular weight is 221 g/mol. The van der Waals surface area contributed by atoms with Gasteiger partial charge in [0, 0.05) is 11.0 Å². The molecule has 0 spiro atoms. The second-order valence-corrected chi connectivity index (χ2v) is 2.76. The molecule has 0 amide bonds. The SMILES string of the molecule is O=C([O-])c1cc(S)ccc1[N+](=O)[O-].[Na+]. The maximum Gasteiger partial charge on any atom is 1.00 e. The number of thiol groups is 1. The van der Waals surface area contributed by atoms with Gasteiger partial charge in [-0.1, -0.05) is 0 Å². The Hall–Kier alpha value is -0.560. The Balaban J connectivity index is 0.00000169. The van der Waals surface area contributed by atoms with Gasteiger partial charge in [0.1, 0.15) is 0 Å². The summed E-state index contributed by atoms with van der Waals surface area (Å²) in [5.41, 5.74) is -0.949. The number of hydrogen-bond donors (Lipinski definition) is 1. The molecule has 0 saturated heterocycles. The summed E-state index contributed by atoms with van der Waals surface area (Å²) in [5, 5.41) is 20.8. The van der Waals surface area contributed by atoms with Gasteiger partial charge < -0.3 is 9.90 Å². The van der Waals surface area contributed by atoms with E-state index in [-0.39, 0.29) is 29.6 Å². The van der Waals surface area contributed by atoms with Crippen molar-refractivity contribution in [3.63, 3.8) is 0 Å². The molecule has 1 aromatic carbocycles. The number of aromatic carboxylic acids is 1. The zero-order chi connectivity index (χ0) is 10.0. The number of carboxylic acid groups (broad SMARTS) is 1. The molecule has 14 heavy (non-hydrogen) atoms. The fraction of sp³-hybridized carbons (Fsp3) is 0. The summed E-state index contributed by atoms with van der Waals surface area (Å²) >= 11 is 3.85. The van der Waals surface area contributed by atoms with E-state index in [1.54, 1.807) is 0 Å². The summed E-state index contributed by atoms with van der Waals surface area (Å²) in [6.45, 7) is 0. The summed E-state index contributed by atoms with van der Waals surface area (Å²) < 4.78 is 0. The first-order valence-corrected chi connectivity index (χ1v) is 3.66. The van der Waals surface area contributed by atoms with E-state index in [2.05, 4.69) is 12.6 Å². The third-order valence-corrected chi connectivity index (χ3v) is 1.67. The van der Waals surface area contributed by atoms with Crippen molar-refractivity contribution < 1.29 is 44.4 Å². The predicted molar refractivity (Wildman–Crippen MR) is 44.7 cm³/mol. The molecule has 0 bridgehead atoms. The monoisotopic (exact) mass is 221 g/mol. The predicted octanol–water partition coefficient (Wildman–Crippen LogP) is -2.75. The number of carboxylic acids is 1. The minimum atomic E-state index is -1.58. The molecule has 0 radical (unpaired) electrons. The second kappa shape index (κ2) is 5.35. The Kier molecular flexibility index (Phi) is 5.14. The average Bonchev–Trinajstić information content (AvgIpc) is 2.03. The van der Waals surface area contributed by atoms with Crippen LogP contribution in [0.25, 0.3) is 0 Å². The molecule has 0 aliphatic heterocycles. The molecule has 0 fully saturated rings. The molecule has 0 unspecified atom stereocenters. The maximum atomic E-state index is 10.4. The van der Waals surface area contributed by atoms with Crippen LogP contribution >= 0.6 is 12.6 Å². The Morgan fingerprint density at radius 1 is 1.43 bits per heavy atom.